The third kappa shape index (κ3) is 4.78. The molecule has 0 aromatic carbocycles. The number of likely N-dealkylation sites (N-methyl/N-ethyl adjacent to an activating group) is 2. The van der Waals surface area contributed by atoms with Crippen LogP contribution in [0.1, 0.15) is 18.2 Å². The van der Waals surface area contributed by atoms with Gasteiger partial charge in [0.15, 0.2) is 0 Å². The number of methoxy groups -OCH3 is 1. The fourth-order valence-electron chi connectivity index (χ4n) is 3.32. The molecule has 0 aliphatic carbocycles. The SMILES string of the molecule is COC1C[C@H](n2cc(C)c(=O)[nH]c2=O)O[C@@H]1COP(=O)([O-])N=C1N(C)CCN1C. The Morgan fingerprint density at radius 2 is 2.00 bits per heavy atom. The van der Waals surface area contributed by atoms with Crippen molar-refractivity contribution in [3.05, 3.63) is 32.6 Å². The zero-order chi connectivity index (χ0) is 21.3. The smallest absolute Gasteiger partial charge is 0.330 e. The first-order valence-corrected chi connectivity index (χ1v) is 10.6. The second kappa shape index (κ2) is 8.41. The van der Waals surface area contributed by atoms with Crippen LogP contribution in [0.2, 0.25) is 0 Å². The number of nitrogens with one attached hydrogen (secondary N) is 1. The molecule has 0 amide bonds. The maximum atomic E-state index is 12.3. The molecular weight excluding hydrogens is 405 g/mol. The Hall–Kier alpha value is -1.98. The van der Waals surface area contributed by atoms with Gasteiger partial charge in [0.2, 0.25) is 5.96 Å². The second-order valence-electron chi connectivity index (χ2n) is 7.13. The van der Waals surface area contributed by atoms with Crippen molar-refractivity contribution in [3.8, 4) is 0 Å². The molecule has 0 saturated carbocycles. The van der Waals surface area contributed by atoms with E-state index in [0.29, 0.717) is 31.0 Å². The van der Waals surface area contributed by atoms with Crippen molar-refractivity contribution in [2.24, 2.45) is 4.76 Å². The molecule has 0 radical (unpaired) electrons. The number of aromatic amines is 1. The molecule has 2 fully saturated rings. The number of hydrogen-bond donors (Lipinski definition) is 1. The summed E-state index contributed by atoms with van der Waals surface area (Å²) < 4.78 is 33.5. The van der Waals surface area contributed by atoms with E-state index in [9.17, 15) is 19.0 Å². The standard InChI is InChI=1S/C16H26N5O7P/c1-10-8-21(16(23)17-14(10)22)13-7-11(26-4)12(28-13)9-27-29(24,25)18-15-19(2)5-6-20(15)3/h8,11-13H,5-7,9H2,1-4H3,(H,24,25)(H,17,22,23)/p-1/t11?,12-,13-/m1/s1. The van der Waals surface area contributed by atoms with Gasteiger partial charge in [-0.1, -0.05) is 0 Å². The molecule has 2 aliphatic rings. The van der Waals surface area contributed by atoms with Crippen LogP contribution >= 0.6 is 7.75 Å². The fraction of sp³-hybridized carbons (Fsp3) is 0.688. The summed E-state index contributed by atoms with van der Waals surface area (Å²) in [6.07, 6.45) is -0.257. The van der Waals surface area contributed by atoms with Gasteiger partial charge in [0.25, 0.3) is 13.3 Å². The normalized spacial score (nSPS) is 26.8. The number of H-pyrrole nitrogens is 1. The molecule has 1 N–H and O–H groups in total. The van der Waals surface area contributed by atoms with Crippen molar-refractivity contribution < 1.29 is 23.5 Å². The predicted molar refractivity (Wildman–Crippen MR) is 102 cm³/mol. The second-order valence-corrected chi connectivity index (χ2v) is 8.52. The molecule has 3 rings (SSSR count). The first-order valence-electron chi connectivity index (χ1n) is 9.09. The van der Waals surface area contributed by atoms with Gasteiger partial charge >= 0.3 is 5.69 Å². The Balaban J connectivity index is 1.70. The third-order valence-corrected chi connectivity index (χ3v) is 5.91. The molecule has 12 nitrogen and oxygen atoms in total. The van der Waals surface area contributed by atoms with E-state index in [1.807, 2.05) is 0 Å². The van der Waals surface area contributed by atoms with E-state index in [1.54, 1.807) is 30.8 Å². The lowest BCUT2D eigenvalue weighted by Gasteiger charge is -2.25. The summed E-state index contributed by atoms with van der Waals surface area (Å²) in [6.45, 7) is 2.60. The van der Waals surface area contributed by atoms with Crippen LogP contribution in [0.15, 0.2) is 20.5 Å². The van der Waals surface area contributed by atoms with Crippen molar-refractivity contribution in [2.75, 3.05) is 40.9 Å². The molecule has 13 heteroatoms. The molecule has 1 aromatic rings. The fourth-order valence-corrected chi connectivity index (χ4v) is 4.24. The highest BCUT2D eigenvalue weighted by Gasteiger charge is 2.38. The lowest BCUT2D eigenvalue weighted by molar-refractivity contribution is -0.202. The predicted octanol–water partition coefficient (Wildman–Crippen LogP) is -1.13. The van der Waals surface area contributed by atoms with Crippen LogP contribution in [0.25, 0.3) is 0 Å². The Labute approximate surface area is 167 Å². The van der Waals surface area contributed by atoms with Gasteiger partial charge in [-0.2, -0.15) is 4.76 Å². The van der Waals surface area contributed by atoms with Crippen LogP contribution < -0.4 is 16.1 Å². The maximum absolute atomic E-state index is 12.3. The van der Waals surface area contributed by atoms with Crippen LogP contribution in [-0.2, 0) is 18.6 Å². The van der Waals surface area contributed by atoms with Crippen LogP contribution in [0.3, 0.4) is 0 Å². The lowest BCUT2D eigenvalue weighted by atomic mass is 10.2. The van der Waals surface area contributed by atoms with Gasteiger partial charge < -0.3 is 28.7 Å². The highest BCUT2D eigenvalue weighted by Crippen LogP contribution is 2.41. The lowest BCUT2D eigenvalue weighted by Crippen LogP contribution is -2.33. The minimum Gasteiger partial charge on any atom is -0.760 e. The van der Waals surface area contributed by atoms with Gasteiger partial charge in [-0.3, -0.25) is 18.9 Å². The van der Waals surface area contributed by atoms with Gasteiger partial charge in [0.05, 0.1) is 12.7 Å². The first kappa shape index (κ1) is 21.7. The Kier molecular flexibility index (Phi) is 6.30. The van der Waals surface area contributed by atoms with Crippen molar-refractivity contribution in [2.45, 2.75) is 31.8 Å². The zero-order valence-corrected chi connectivity index (χ0v) is 17.6. The Morgan fingerprint density at radius 1 is 1.34 bits per heavy atom. The third-order valence-electron chi connectivity index (χ3n) is 5.01. The number of hydrogen-bond acceptors (Lipinski definition) is 7. The summed E-state index contributed by atoms with van der Waals surface area (Å²) in [5, 5.41) is 0. The molecule has 3 heterocycles. The van der Waals surface area contributed by atoms with Crippen LogP contribution in [0, 0.1) is 6.92 Å². The largest absolute Gasteiger partial charge is 0.760 e. The molecule has 4 atom stereocenters. The molecule has 2 saturated heterocycles. The molecule has 1 aromatic heterocycles. The number of guanidine groups is 1. The van der Waals surface area contributed by atoms with E-state index in [1.165, 1.54) is 17.9 Å². The number of aromatic nitrogens is 2. The van der Waals surface area contributed by atoms with Crippen LogP contribution in [0.5, 0.6) is 0 Å². The molecule has 0 bridgehead atoms. The average Bonchev–Trinajstić information content (AvgIpc) is 3.21. The molecule has 29 heavy (non-hydrogen) atoms. The van der Waals surface area contributed by atoms with E-state index >= 15 is 0 Å². The van der Waals surface area contributed by atoms with E-state index in [0.717, 1.165) is 0 Å². The van der Waals surface area contributed by atoms with Gasteiger partial charge in [-0.05, 0) is 6.92 Å². The monoisotopic (exact) mass is 430 g/mol. The summed E-state index contributed by atoms with van der Waals surface area (Å²) in [6, 6.07) is 0. The summed E-state index contributed by atoms with van der Waals surface area (Å²) in [5.74, 6) is 0.312. The van der Waals surface area contributed by atoms with Gasteiger partial charge in [0, 0.05) is 52.5 Å². The van der Waals surface area contributed by atoms with Crippen LogP contribution in [0.4, 0.5) is 0 Å². The summed E-state index contributed by atoms with van der Waals surface area (Å²) in [5.41, 5.74) is -0.734. The highest BCUT2D eigenvalue weighted by atomic mass is 31.2. The van der Waals surface area contributed by atoms with Crippen LogP contribution in [-0.4, -0.2) is 78.4 Å². The average molecular weight is 430 g/mol. The summed E-state index contributed by atoms with van der Waals surface area (Å²) in [4.78, 5) is 41.6. The number of aryl methyl sites for hydroxylation is 1. The Morgan fingerprint density at radius 3 is 2.62 bits per heavy atom. The quantitative estimate of drug-likeness (QED) is 0.555. The number of nitrogens with zero attached hydrogens (tertiary/aromatic N) is 4. The molecular formula is C16H25N5O7P-. The van der Waals surface area contributed by atoms with E-state index in [-0.39, 0.29) is 6.61 Å². The number of rotatable bonds is 6. The van der Waals surface area contributed by atoms with Gasteiger partial charge in [0.1, 0.15) is 12.3 Å². The molecule has 2 aliphatic heterocycles. The maximum Gasteiger partial charge on any atom is 0.330 e. The minimum absolute atomic E-state index is 0.291. The van der Waals surface area contributed by atoms with E-state index < -0.39 is 37.4 Å². The Bertz CT molecular complexity index is 932. The van der Waals surface area contributed by atoms with Crippen molar-refractivity contribution in [3.63, 3.8) is 0 Å². The number of ether oxygens (including phenoxy) is 2. The molecule has 162 valence electrons. The molecule has 2 unspecified atom stereocenters. The van der Waals surface area contributed by atoms with Crippen molar-refractivity contribution in [1.82, 2.24) is 19.4 Å². The van der Waals surface area contributed by atoms with Gasteiger partial charge in [-0.15, -0.1) is 0 Å². The van der Waals surface area contributed by atoms with Gasteiger partial charge in [-0.25, -0.2) is 4.79 Å². The van der Waals surface area contributed by atoms with E-state index in [2.05, 4.69) is 9.75 Å². The first-order chi connectivity index (χ1) is 13.6. The summed E-state index contributed by atoms with van der Waals surface area (Å²) in [7, 11) is 0.439. The topological polar surface area (TPSA) is 142 Å². The van der Waals surface area contributed by atoms with E-state index in [4.69, 9.17) is 14.0 Å². The summed E-state index contributed by atoms with van der Waals surface area (Å²) >= 11 is 0. The van der Waals surface area contributed by atoms with Crippen molar-refractivity contribution in [1.29, 1.82) is 0 Å². The highest BCUT2D eigenvalue weighted by molar-refractivity contribution is 7.50. The molecule has 0 spiro atoms. The zero-order valence-electron chi connectivity index (χ0n) is 16.7. The van der Waals surface area contributed by atoms with Crippen molar-refractivity contribution >= 4 is 13.7 Å². The minimum atomic E-state index is -4.52.